The normalized spacial score (nSPS) is 19.9. The Kier molecular flexibility index (Phi) is 5.96. The number of thiazole rings is 1. The molecule has 0 radical (unpaired) electrons. The maximum Gasteiger partial charge on any atom is 0.307 e. The second-order valence-electron chi connectivity index (χ2n) is 6.92. The van der Waals surface area contributed by atoms with Crippen LogP contribution < -0.4 is 15.1 Å². The Morgan fingerprint density at radius 3 is 2.63 bits per heavy atom. The topological polar surface area (TPSA) is 63.6 Å². The first kappa shape index (κ1) is 19.6. The highest BCUT2D eigenvalue weighted by Gasteiger charge is 2.24. The fourth-order valence-corrected chi connectivity index (χ4v) is 4.09. The SMILES string of the molecule is Cc1csc(=O)n1CCC(=O)Nc1ccc(N2C[C@H](C)O[C@@H](C)C2)c(F)c1. The van der Waals surface area contributed by atoms with Gasteiger partial charge in [0.15, 0.2) is 0 Å². The van der Waals surface area contributed by atoms with Crippen molar-refractivity contribution in [3.05, 3.63) is 44.8 Å². The molecule has 0 bridgehead atoms. The fraction of sp³-hybridized carbons (Fsp3) is 0.474. The lowest BCUT2D eigenvalue weighted by atomic mass is 10.2. The van der Waals surface area contributed by atoms with E-state index in [1.54, 1.807) is 22.1 Å². The van der Waals surface area contributed by atoms with Crippen molar-refractivity contribution in [3.8, 4) is 0 Å². The van der Waals surface area contributed by atoms with Gasteiger partial charge in [-0.3, -0.25) is 9.59 Å². The maximum atomic E-state index is 14.6. The molecular formula is C19H24FN3O3S. The number of ether oxygens (including phenoxy) is 1. The summed E-state index contributed by atoms with van der Waals surface area (Å²) >= 11 is 1.12. The zero-order chi connectivity index (χ0) is 19.6. The molecule has 1 N–H and O–H groups in total. The molecule has 3 rings (SSSR count). The Hall–Kier alpha value is -2.19. The highest BCUT2D eigenvalue weighted by molar-refractivity contribution is 7.07. The van der Waals surface area contributed by atoms with E-state index in [0.29, 0.717) is 31.0 Å². The Morgan fingerprint density at radius 1 is 1.33 bits per heavy atom. The number of hydrogen-bond donors (Lipinski definition) is 1. The largest absolute Gasteiger partial charge is 0.372 e. The van der Waals surface area contributed by atoms with Crippen LogP contribution in [0, 0.1) is 12.7 Å². The molecule has 1 amide bonds. The van der Waals surface area contributed by atoms with Gasteiger partial charge in [-0.05, 0) is 39.0 Å². The molecular weight excluding hydrogens is 369 g/mol. The van der Waals surface area contributed by atoms with Crippen LogP contribution in [0.5, 0.6) is 0 Å². The van der Waals surface area contributed by atoms with Crippen LogP contribution in [-0.4, -0.2) is 35.8 Å². The van der Waals surface area contributed by atoms with E-state index in [1.807, 2.05) is 25.7 Å². The first-order valence-corrected chi connectivity index (χ1v) is 9.86. The predicted molar refractivity (Wildman–Crippen MR) is 105 cm³/mol. The number of halogens is 1. The van der Waals surface area contributed by atoms with Crippen LogP contribution in [0.15, 0.2) is 28.4 Å². The predicted octanol–water partition coefficient (Wildman–Crippen LogP) is 3.00. The Bertz CT molecular complexity index is 869. The fourth-order valence-electron chi connectivity index (χ4n) is 3.33. The highest BCUT2D eigenvalue weighted by Crippen LogP contribution is 2.26. The lowest BCUT2D eigenvalue weighted by Gasteiger charge is -2.37. The van der Waals surface area contributed by atoms with E-state index in [1.165, 1.54) is 6.07 Å². The highest BCUT2D eigenvalue weighted by atomic mass is 32.1. The molecule has 1 aromatic heterocycles. The van der Waals surface area contributed by atoms with Crippen LogP contribution in [0.2, 0.25) is 0 Å². The van der Waals surface area contributed by atoms with E-state index in [9.17, 15) is 14.0 Å². The van der Waals surface area contributed by atoms with Gasteiger partial charge in [0.1, 0.15) is 5.82 Å². The number of aryl methyl sites for hydroxylation is 1. The summed E-state index contributed by atoms with van der Waals surface area (Å²) in [6.07, 6.45) is 0.229. The zero-order valence-electron chi connectivity index (χ0n) is 15.7. The van der Waals surface area contributed by atoms with E-state index >= 15 is 0 Å². The minimum absolute atomic E-state index is 0.0384. The molecule has 0 aliphatic carbocycles. The van der Waals surface area contributed by atoms with Crippen molar-refractivity contribution < 1.29 is 13.9 Å². The number of hydrogen-bond acceptors (Lipinski definition) is 5. The third kappa shape index (κ3) is 4.75. The molecule has 1 aliphatic heterocycles. The van der Waals surface area contributed by atoms with Gasteiger partial charge in [0, 0.05) is 42.8 Å². The smallest absolute Gasteiger partial charge is 0.307 e. The second kappa shape index (κ2) is 8.22. The molecule has 2 heterocycles. The van der Waals surface area contributed by atoms with Gasteiger partial charge in [-0.15, -0.1) is 0 Å². The molecule has 6 nitrogen and oxygen atoms in total. The van der Waals surface area contributed by atoms with Crippen LogP contribution in [-0.2, 0) is 16.1 Å². The lowest BCUT2D eigenvalue weighted by Crippen LogP contribution is -2.45. The molecule has 1 aromatic carbocycles. The molecule has 8 heteroatoms. The summed E-state index contributed by atoms with van der Waals surface area (Å²) in [5.41, 5.74) is 1.75. The van der Waals surface area contributed by atoms with Crippen molar-refractivity contribution in [2.75, 3.05) is 23.3 Å². The second-order valence-corrected chi connectivity index (χ2v) is 7.74. The van der Waals surface area contributed by atoms with E-state index in [2.05, 4.69) is 5.32 Å². The van der Waals surface area contributed by atoms with Crippen molar-refractivity contribution in [2.45, 2.75) is 45.9 Å². The number of benzene rings is 1. The van der Waals surface area contributed by atoms with Gasteiger partial charge >= 0.3 is 4.87 Å². The molecule has 2 atom stereocenters. The number of anilines is 2. The molecule has 1 saturated heterocycles. The summed E-state index contributed by atoms with van der Waals surface area (Å²) in [5, 5.41) is 4.46. The quantitative estimate of drug-likeness (QED) is 0.848. The number of carbonyl (C=O) groups is 1. The monoisotopic (exact) mass is 393 g/mol. The average Bonchev–Trinajstić information content (AvgIpc) is 2.90. The van der Waals surface area contributed by atoms with Gasteiger partial charge in [0.25, 0.3) is 0 Å². The Labute approximate surface area is 161 Å². The number of nitrogens with zero attached hydrogens (tertiary/aromatic N) is 2. The van der Waals surface area contributed by atoms with Crippen molar-refractivity contribution in [1.29, 1.82) is 0 Å². The zero-order valence-corrected chi connectivity index (χ0v) is 16.5. The summed E-state index contributed by atoms with van der Waals surface area (Å²) < 4.78 is 21.8. The molecule has 1 fully saturated rings. The molecule has 27 heavy (non-hydrogen) atoms. The van der Waals surface area contributed by atoms with Gasteiger partial charge in [-0.1, -0.05) is 11.3 Å². The minimum Gasteiger partial charge on any atom is -0.372 e. The van der Waals surface area contributed by atoms with Crippen LogP contribution in [0.1, 0.15) is 26.0 Å². The van der Waals surface area contributed by atoms with Crippen LogP contribution in [0.3, 0.4) is 0 Å². The van der Waals surface area contributed by atoms with Crippen molar-refractivity contribution >= 4 is 28.6 Å². The Morgan fingerprint density at radius 2 is 2.04 bits per heavy atom. The lowest BCUT2D eigenvalue weighted by molar-refractivity contribution is -0.116. The van der Waals surface area contributed by atoms with Gasteiger partial charge in [0.05, 0.1) is 17.9 Å². The summed E-state index contributed by atoms with van der Waals surface area (Å²) in [6.45, 7) is 7.33. The van der Waals surface area contributed by atoms with Gasteiger partial charge in [-0.2, -0.15) is 0 Å². The number of morpholine rings is 1. The minimum atomic E-state index is -0.376. The molecule has 0 saturated carbocycles. The molecule has 146 valence electrons. The number of aromatic nitrogens is 1. The number of nitrogens with one attached hydrogen (secondary N) is 1. The third-order valence-electron chi connectivity index (χ3n) is 4.53. The van der Waals surface area contributed by atoms with Gasteiger partial charge in [0.2, 0.25) is 5.91 Å². The van der Waals surface area contributed by atoms with Gasteiger partial charge < -0.3 is 19.5 Å². The number of amides is 1. The molecule has 1 aliphatic rings. The van der Waals surface area contributed by atoms with E-state index in [-0.39, 0.29) is 35.2 Å². The summed E-state index contributed by atoms with van der Waals surface area (Å²) in [6, 6.07) is 4.71. The van der Waals surface area contributed by atoms with Crippen molar-refractivity contribution in [1.82, 2.24) is 4.57 Å². The summed E-state index contributed by atoms with van der Waals surface area (Å²) in [5.74, 6) is -0.632. The standard InChI is InChI=1S/C19H24FN3O3S/c1-12-11-27-19(25)23(12)7-6-18(24)21-15-4-5-17(16(20)8-15)22-9-13(2)26-14(3)10-22/h4-5,8,11,13-14H,6-7,9-10H2,1-3H3,(H,21,24)/t13-,14-/m0/s1. The number of rotatable bonds is 5. The summed E-state index contributed by atoms with van der Waals surface area (Å²) in [4.78, 5) is 25.7. The Balaban J connectivity index is 1.62. The first-order chi connectivity index (χ1) is 12.8. The van der Waals surface area contributed by atoms with Crippen LogP contribution in [0.25, 0.3) is 0 Å². The van der Waals surface area contributed by atoms with Crippen LogP contribution in [0.4, 0.5) is 15.8 Å². The average molecular weight is 393 g/mol. The van der Waals surface area contributed by atoms with Crippen molar-refractivity contribution in [3.63, 3.8) is 0 Å². The van der Waals surface area contributed by atoms with Crippen molar-refractivity contribution in [2.24, 2.45) is 0 Å². The number of carbonyl (C=O) groups excluding carboxylic acids is 1. The van der Waals surface area contributed by atoms with E-state index < -0.39 is 0 Å². The van der Waals surface area contributed by atoms with E-state index in [0.717, 1.165) is 17.0 Å². The molecule has 0 unspecified atom stereocenters. The molecule has 2 aromatic rings. The summed E-state index contributed by atoms with van der Waals surface area (Å²) in [7, 11) is 0. The van der Waals surface area contributed by atoms with Gasteiger partial charge in [-0.25, -0.2) is 4.39 Å². The maximum absolute atomic E-state index is 14.6. The van der Waals surface area contributed by atoms with E-state index in [4.69, 9.17) is 4.74 Å². The van der Waals surface area contributed by atoms with Crippen LogP contribution >= 0.6 is 11.3 Å². The molecule has 0 spiro atoms. The first-order valence-electron chi connectivity index (χ1n) is 8.98. The third-order valence-corrected chi connectivity index (χ3v) is 5.41.